The SMILES string of the molecule is C=C(O)CCCCCCCC(=O)N(C)c1ccc(C#N)cc1. The molecule has 0 aromatic heterocycles. The largest absolute Gasteiger partial charge is 0.513 e. The molecule has 0 saturated carbocycles. The fraction of sp³-hybridized carbons (Fsp3) is 0.444. The summed E-state index contributed by atoms with van der Waals surface area (Å²) < 4.78 is 0. The Labute approximate surface area is 132 Å². The molecule has 0 aliphatic heterocycles. The molecule has 0 radical (unpaired) electrons. The number of benzene rings is 1. The number of amides is 1. The van der Waals surface area contributed by atoms with Crippen LogP contribution in [0.2, 0.25) is 0 Å². The molecule has 0 aliphatic carbocycles. The predicted octanol–water partition coefficient (Wildman–Crippen LogP) is 4.32. The molecule has 4 heteroatoms. The van der Waals surface area contributed by atoms with Crippen molar-refractivity contribution in [3.05, 3.63) is 42.2 Å². The number of hydrogen-bond donors (Lipinski definition) is 1. The summed E-state index contributed by atoms with van der Waals surface area (Å²) in [6.45, 7) is 3.46. The van der Waals surface area contributed by atoms with Gasteiger partial charge in [0.25, 0.3) is 0 Å². The van der Waals surface area contributed by atoms with Crippen LogP contribution >= 0.6 is 0 Å². The summed E-state index contributed by atoms with van der Waals surface area (Å²) in [5.41, 5.74) is 1.40. The third-order valence-electron chi connectivity index (χ3n) is 3.61. The van der Waals surface area contributed by atoms with E-state index in [4.69, 9.17) is 10.4 Å². The highest BCUT2D eigenvalue weighted by molar-refractivity contribution is 5.92. The first-order chi connectivity index (χ1) is 10.5. The number of nitriles is 1. The average Bonchev–Trinajstić information content (AvgIpc) is 2.52. The summed E-state index contributed by atoms with van der Waals surface area (Å²) in [6.07, 6.45) is 6.17. The molecular weight excluding hydrogens is 276 g/mol. The number of allylic oxidation sites excluding steroid dienone is 1. The molecule has 1 amide bonds. The van der Waals surface area contributed by atoms with Crippen molar-refractivity contribution in [3.8, 4) is 6.07 Å². The molecule has 4 nitrogen and oxygen atoms in total. The van der Waals surface area contributed by atoms with E-state index in [0.29, 0.717) is 18.4 Å². The first-order valence-electron chi connectivity index (χ1n) is 7.68. The summed E-state index contributed by atoms with van der Waals surface area (Å²) in [7, 11) is 1.76. The second-order valence-corrected chi connectivity index (χ2v) is 5.45. The zero-order valence-electron chi connectivity index (χ0n) is 13.2. The van der Waals surface area contributed by atoms with Crippen LogP contribution in [-0.2, 0) is 4.79 Å². The van der Waals surface area contributed by atoms with Gasteiger partial charge in [0.15, 0.2) is 0 Å². The number of aliphatic hydroxyl groups is 1. The molecule has 1 aromatic rings. The molecule has 0 fully saturated rings. The standard InChI is InChI=1S/C18H24N2O2/c1-15(21)8-6-4-3-5-7-9-18(22)20(2)17-12-10-16(14-19)11-13-17/h10-13,21H,1,3-9H2,2H3. The van der Waals surface area contributed by atoms with Gasteiger partial charge in [0.05, 0.1) is 17.4 Å². The van der Waals surface area contributed by atoms with Crippen LogP contribution in [-0.4, -0.2) is 18.1 Å². The monoisotopic (exact) mass is 300 g/mol. The van der Waals surface area contributed by atoms with Crippen LogP contribution in [0.1, 0.15) is 50.5 Å². The van der Waals surface area contributed by atoms with Crippen LogP contribution in [0.4, 0.5) is 5.69 Å². The molecule has 0 atom stereocenters. The lowest BCUT2D eigenvalue weighted by atomic mass is 10.1. The Morgan fingerprint density at radius 3 is 2.23 bits per heavy atom. The second-order valence-electron chi connectivity index (χ2n) is 5.45. The summed E-state index contributed by atoms with van der Waals surface area (Å²) in [5.74, 6) is 0.340. The van der Waals surface area contributed by atoms with Crippen LogP contribution in [0.3, 0.4) is 0 Å². The first kappa shape index (κ1) is 17.8. The average molecular weight is 300 g/mol. The maximum absolute atomic E-state index is 12.1. The lowest BCUT2D eigenvalue weighted by Gasteiger charge is -2.17. The highest BCUT2D eigenvalue weighted by Gasteiger charge is 2.10. The Morgan fingerprint density at radius 1 is 1.14 bits per heavy atom. The Hall–Kier alpha value is -2.28. The third-order valence-corrected chi connectivity index (χ3v) is 3.61. The second kappa shape index (κ2) is 9.62. The van der Waals surface area contributed by atoms with Gasteiger partial charge >= 0.3 is 0 Å². The Morgan fingerprint density at radius 2 is 1.68 bits per heavy atom. The summed E-state index contributed by atoms with van der Waals surface area (Å²) >= 11 is 0. The van der Waals surface area contributed by atoms with Gasteiger partial charge in [-0.2, -0.15) is 5.26 Å². The van der Waals surface area contributed by atoms with E-state index in [1.165, 1.54) is 0 Å². The van der Waals surface area contributed by atoms with E-state index in [1.807, 2.05) is 0 Å². The molecule has 22 heavy (non-hydrogen) atoms. The van der Waals surface area contributed by atoms with Gasteiger partial charge in [0.2, 0.25) is 5.91 Å². The number of nitrogens with zero attached hydrogens (tertiary/aromatic N) is 2. The van der Waals surface area contributed by atoms with Crippen molar-refractivity contribution in [3.63, 3.8) is 0 Å². The number of anilines is 1. The minimum atomic E-state index is 0.0912. The van der Waals surface area contributed by atoms with E-state index in [0.717, 1.165) is 37.8 Å². The van der Waals surface area contributed by atoms with Gasteiger partial charge in [0.1, 0.15) is 0 Å². The van der Waals surface area contributed by atoms with Crippen LogP contribution in [0.25, 0.3) is 0 Å². The molecule has 1 rings (SSSR count). The summed E-state index contributed by atoms with van der Waals surface area (Å²) in [5, 5.41) is 17.7. The molecule has 1 N–H and O–H groups in total. The molecule has 0 unspecified atom stereocenters. The fourth-order valence-corrected chi connectivity index (χ4v) is 2.21. The lowest BCUT2D eigenvalue weighted by Crippen LogP contribution is -2.25. The van der Waals surface area contributed by atoms with Crippen LogP contribution in [0.5, 0.6) is 0 Å². The van der Waals surface area contributed by atoms with Gasteiger partial charge in [-0.3, -0.25) is 4.79 Å². The Bertz CT molecular complexity index is 529. The molecule has 118 valence electrons. The molecule has 0 spiro atoms. The van der Waals surface area contributed by atoms with E-state index in [9.17, 15) is 4.79 Å². The molecule has 0 saturated heterocycles. The number of rotatable bonds is 9. The minimum Gasteiger partial charge on any atom is -0.513 e. The van der Waals surface area contributed by atoms with E-state index in [-0.39, 0.29) is 11.7 Å². The van der Waals surface area contributed by atoms with Crippen molar-refractivity contribution in [2.24, 2.45) is 0 Å². The van der Waals surface area contributed by atoms with Gasteiger partial charge in [-0.05, 0) is 37.1 Å². The highest BCUT2D eigenvalue weighted by Crippen LogP contribution is 2.16. The van der Waals surface area contributed by atoms with Crippen molar-refractivity contribution in [2.75, 3.05) is 11.9 Å². The number of carbonyl (C=O) groups is 1. The predicted molar refractivity (Wildman–Crippen MR) is 88.7 cm³/mol. The van der Waals surface area contributed by atoms with Gasteiger partial charge in [-0.25, -0.2) is 0 Å². The molecular formula is C18H24N2O2. The molecule has 0 aliphatic rings. The van der Waals surface area contributed by atoms with Gasteiger partial charge in [0, 0.05) is 25.6 Å². The van der Waals surface area contributed by atoms with E-state index in [2.05, 4.69) is 12.6 Å². The van der Waals surface area contributed by atoms with Gasteiger partial charge < -0.3 is 10.0 Å². The van der Waals surface area contributed by atoms with Gasteiger partial charge in [-0.1, -0.05) is 25.8 Å². The van der Waals surface area contributed by atoms with Gasteiger partial charge in [-0.15, -0.1) is 0 Å². The number of hydrogen-bond acceptors (Lipinski definition) is 3. The third kappa shape index (κ3) is 6.45. The lowest BCUT2D eigenvalue weighted by molar-refractivity contribution is -0.118. The van der Waals surface area contributed by atoms with Crippen molar-refractivity contribution >= 4 is 11.6 Å². The van der Waals surface area contributed by atoms with E-state index < -0.39 is 0 Å². The molecule has 1 aromatic carbocycles. The summed E-state index contributed by atoms with van der Waals surface area (Å²) in [6, 6.07) is 9.08. The van der Waals surface area contributed by atoms with E-state index >= 15 is 0 Å². The first-order valence-corrected chi connectivity index (χ1v) is 7.68. The van der Waals surface area contributed by atoms with Crippen LogP contribution in [0.15, 0.2) is 36.6 Å². The maximum Gasteiger partial charge on any atom is 0.226 e. The van der Waals surface area contributed by atoms with E-state index in [1.54, 1.807) is 36.2 Å². The van der Waals surface area contributed by atoms with Crippen molar-refractivity contribution in [1.29, 1.82) is 5.26 Å². The van der Waals surface area contributed by atoms with Crippen molar-refractivity contribution < 1.29 is 9.90 Å². The number of carbonyl (C=O) groups excluding carboxylic acids is 1. The highest BCUT2D eigenvalue weighted by atomic mass is 16.3. The summed E-state index contributed by atoms with van der Waals surface area (Å²) in [4.78, 5) is 13.7. The van der Waals surface area contributed by atoms with Crippen molar-refractivity contribution in [1.82, 2.24) is 0 Å². The van der Waals surface area contributed by atoms with Crippen LogP contribution < -0.4 is 4.90 Å². The molecule has 0 bridgehead atoms. The molecule has 0 heterocycles. The normalized spacial score (nSPS) is 10.0. The minimum absolute atomic E-state index is 0.0912. The van der Waals surface area contributed by atoms with Crippen molar-refractivity contribution in [2.45, 2.75) is 44.9 Å². The zero-order valence-corrected chi connectivity index (χ0v) is 13.2. The zero-order chi connectivity index (χ0) is 16.4. The quantitative estimate of drug-likeness (QED) is 0.545. The fourth-order valence-electron chi connectivity index (χ4n) is 2.21. The smallest absolute Gasteiger partial charge is 0.226 e. The van der Waals surface area contributed by atoms with Crippen LogP contribution in [0, 0.1) is 11.3 Å². The topological polar surface area (TPSA) is 64.3 Å². The Kier molecular flexibility index (Phi) is 7.77. The Balaban J connectivity index is 2.24. The number of aliphatic hydroxyl groups excluding tert-OH is 1. The number of unbranched alkanes of at least 4 members (excludes halogenated alkanes) is 4. The maximum atomic E-state index is 12.1.